The van der Waals surface area contributed by atoms with Crippen molar-refractivity contribution in [2.45, 2.75) is 33.2 Å². The summed E-state index contributed by atoms with van der Waals surface area (Å²) in [4.78, 5) is 28.0. The number of rotatable bonds is 6. The first-order valence-electron chi connectivity index (χ1n) is 8.36. The molecule has 1 N–H and O–H groups in total. The summed E-state index contributed by atoms with van der Waals surface area (Å²) in [5, 5.41) is 4.90. The normalized spacial score (nSPS) is 17.0. The Morgan fingerprint density at radius 1 is 1.38 bits per heavy atom. The number of nitrogens with one attached hydrogen (secondary N) is 1. The summed E-state index contributed by atoms with van der Waals surface area (Å²) in [5.74, 6) is 0.127. The molecule has 6 heteroatoms. The van der Waals surface area contributed by atoms with Gasteiger partial charge in [-0.3, -0.25) is 9.59 Å². The van der Waals surface area contributed by atoms with Gasteiger partial charge in [-0.05, 0) is 36.8 Å². The third-order valence-electron chi connectivity index (χ3n) is 3.89. The molecule has 0 aromatic carbocycles. The van der Waals surface area contributed by atoms with E-state index in [1.807, 2.05) is 23.6 Å². The zero-order valence-corrected chi connectivity index (χ0v) is 15.4. The van der Waals surface area contributed by atoms with Gasteiger partial charge in [-0.25, -0.2) is 0 Å². The van der Waals surface area contributed by atoms with Crippen molar-refractivity contribution in [1.29, 1.82) is 0 Å². The SMILES string of the molecule is C/C(=C\c1cccs1)C(=O)N[C@@H](CC(C)C)C(=O)N1CCOCC1. The molecule has 2 heterocycles. The predicted octanol–water partition coefficient (Wildman–Crippen LogP) is 2.54. The number of nitrogens with zero attached hydrogens (tertiary/aromatic N) is 1. The van der Waals surface area contributed by atoms with E-state index in [4.69, 9.17) is 4.74 Å². The minimum atomic E-state index is -0.484. The van der Waals surface area contributed by atoms with Crippen LogP contribution in [0, 0.1) is 5.92 Å². The summed E-state index contributed by atoms with van der Waals surface area (Å²) in [7, 11) is 0. The van der Waals surface area contributed by atoms with Gasteiger partial charge in [-0.1, -0.05) is 19.9 Å². The van der Waals surface area contributed by atoms with E-state index in [0.29, 0.717) is 44.2 Å². The molecule has 1 atom stereocenters. The van der Waals surface area contributed by atoms with E-state index in [-0.39, 0.29) is 11.8 Å². The van der Waals surface area contributed by atoms with Crippen LogP contribution < -0.4 is 5.32 Å². The van der Waals surface area contributed by atoms with Gasteiger partial charge in [0, 0.05) is 23.5 Å². The standard InChI is InChI=1S/C18H26N2O3S/c1-13(2)11-16(18(22)20-6-8-23-9-7-20)19-17(21)14(3)12-15-5-4-10-24-15/h4-5,10,12-13,16H,6-9,11H2,1-3H3,(H,19,21)/b14-12+/t16-/m0/s1. The quantitative estimate of drug-likeness (QED) is 0.802. The Morgan fingerprint density at radius 2 is 2.08 bits per heavy atom. The van der Waals surface area contributed by atoms with Crippen molar-refractivity contribution >= 4 is 29.2 Å². The third kappa shape index (κ3) is 5.46. The highest BCUT2D eigenvalue weighted by Gasteiger charge is 2.28. The molecule has 132 valence electrons. The largest absolute Gasteiger partial charge is 0.378 e. The van der Waals surface area contributed by atoms with E-state index in [1.54, 1.807) is 23.2 Å². The van der Waals surface area contributed by atoms with Crippen molar-refractivity contribution in [2.24, 2.45) is 5.92 Å². The number of morpholine rings is 1. The summed E-state index contributed by atoms with van der Waals surface area (Å²) >= 11 is 1.58. The molecule has 5 nitrogen and oxygen atoms in total. The number of carbonyl (C=O) groups is 2. The lowest BCUT2D eigenvalue weighted by molar-refractivity contribution is -0.139. The van der Waals surface area contributed by atoms with E-state index in [1.165, 1.54) is 0 Å². The highest BCUT2D eigenvalue weighted by molar-refractivity contribution is 7.10. The maximum absolute atomic E-state index is 12.7. The maximum Gasteiger partial charge on any atom is 0.247 e. The van der Waals surface area contributed by atoms with E-state index in [0.717, 1.165) is 4.88 Å². The van der Waals surface area contributed by atoms with Crippen LogP contribution in [0.5, 0.6) is 0 Å². The second-order valence-corrected chi connectivity index (χ2v) is 7.42. The molecule has 2 amide bonds. The molecule has 0 saturated carbocycles. The first-order valence-corrected chi connectivity index (χ1v) is 9.24. The Balaban J connectivity index is 2.04. The van der Waals surface area contributed by atoms with Crippen molar-refractivity contribution in [3.8, 4) is 0 Å². The van der Waals surface area contributed by atoms with Gasteiger partial charge >= 0.3 is 0 Å². The van der Waals surface area contributed by atoms with Gasteiger partial charge in [0.05, 0.1) is 13.2 Å². The van der Waals surface area contributed by atoms with E-state index in [2.05, 4.69) is 19.2 Å². The van der Waals surface area contributed by atoms with Crippen LogP contribution in [0.15, 0.2) is 23.1 Å². The number of hydrogen-bond acceptors (Lipinski definition) is 4. The van der Waals surface area contributed by atoms with Crippen molar-refractivity contribution in [1.82, 2.24) is 10.2 Å². The van der Waals surface area contributed by atoms with E-state index < -0.39 is 6.04 Å². The molecule has 2 rings (SSSR count). The topological polar surface area (TPSA) is 58.6 Å². The van der Waals surface area contributed by atoms with Crippen LogP contribution in [-0.4, -0.2) is 49.1 Å². The molecule has 0 bridgehead atoms. The fourth-order valence-corrected chi connectivity index (χ4v) is 3.34. The molecular weight excluding hydrogens is 324 g/mol. The van der Waals surface area contributed by atoms with Crippen LogP contribution in [0.2, 0.25) is 0 Å². The first-order chi connectivity index (χ1) is 11.5. The molecular formula is C18H26N2O3S. The zero-order valence-electron chi connectivity index (χ0n) is 14.6. The number of amides is 2. The average Bonchev–Trinajstić information content (AvgIpc) is 3.06. The monoisotopic (exact) mass is 350 g/mol. The molecule has 0 radical (unpaired) electrons. The Kier molecular flexibility index (Phi) is 6.99. The second-order valence-electron chi connectivity index (χ2n) is 6.44. The molecule has 1 fully saturated rings. The van der Waals surface area contributed by atoms with E-state index in [9.17, 15) is 9.59 Å². The summed E-state index contributed by atoms with van der Waals surface area (Å²) in [5.41, 5.74) is 0.612. The highest BCUT2D eigenvalue weighted by atomic mass is 32.1. The van der Waals surface area contributed by atoms with Crippen molar-refractivity contribution < 1.29 is 14.3 Å². The minimum absolute atomic E-state index is 0.00993. The van der Waals surface area contributed by atoms with Crippen molar-refractivity contribution in [2.75, 3.05) is 26.3 Å². The number of ether oxygens (including phenoxy) is 1. The van der Waals surface area contributed by atoms with Gasteiger partial charge < -0.3 is 15.0 Å². The molecule has 24 heavy (non-hydrogen) atoms. The second kappa shape index (κ2) is 8.99. The summed E-state index contributed by atoms with van der Waals surface area (Å²) in [6, 6.07) is 3.43. The lowest BCUT2D eigenvalue weighted by atomic mass is 10.0. The fourth-order valence-electron chi connectivity index (χ4n) is 2.62. The Morgan fingerprint density at radius 3 is 2.67 bits per heavy atom. The molecule has 0 spiro atoms. The number of thiophene rings is 1. The van der Waals surface area contributed by atoms with Gasteiger partial charge in [0.2, 0.25) is 11.8 Å². The van der Waals surface area contributed by atoms with Gasteiger partial charge in [-0.2, -0.15) is 0 Å². The molecule has 1 saturated heterocycles. The summed E-state index contributed by atoms with van der Waals surface area (Å²) in [6.07, 6.45) is 2.49. The van der Waals surface area contributed by atoms with Crippen LogP contribution >= 0.6 is 11.3 Å². The van der Waals surface area contributed by atoms with Gasteiger partial charge in [0.25, 0.3) is 0 Å². The van der Waals surface area contributed by atoms with Crippen LogP contribution in [0.4, 0.5) is 0 Å². The molecule has 0 aliphatic carbocycles. The average molecular weight is 350 g/mol. The van der Waals surface area contributed by atoms with Crippen LogP contribution in [0.1, 0.15) is 32.1 Å². The molecule has 1 aromatic rings. The molecule has 0 unspecified atom stereocenters. The van der Waals surface area contributed by atoms with Gasteiger partial charge in [0.1, 0.15) is 6.04 Å². The fraction of sp³-hybridized carbons (Fsp3) is 0.556. The number of carbonyl (C=O) groups excluding carboxylic acids is 2. The van der Waals surface area contributed by atoms with E-state index >= 15 is 0 Å². The smallest absolute Gasteiger partial charge is 0.247 e. The lowest BCUT2D eigenvalue weighted by Crippen LogP contribution is -2.52. The van der Waals surface area contributed by atoms with Crippen LogP contribution in [0.3, 0.4) is 0 Å². The first kappa shape index (κ1) is 18.7. The van der Waals surface area contributed by atoms with Gasteiger partial charge in [-0.15, -0.1) is 11.3 Å². The lowest BCUT2D eigenvalue weighted by Gasteiger charge is -2.31. The van der Waals surface area contributed by atoms with Crippen LogP contribution in [-0.2, 0) is 14.3 Å². The maximum atomic E-state index is 12.7. The zero-order chi connectivity index (χ0) is 17.5. The number of hydrogen-bond donors (Lipinski definition) is 1. The Bertz CT molecular complexity index is 575. The molecule has 1 aromatic heterocycles. The van der Waals surface area contributed by atoms with Gasteiger partial charge in [0.15, 0.2) is 0 Å². The van der Waals surface area contributed by atoms with Crippen molar-refractivity contribution in [3.05, 3.63) is 28.0 Å². The minimum Gasteiger partial charge on any atom is -0.378 e. The summed E-state index contributed by atoms with van der Waals surface area (Å²) in [6.45, 7) is 8.19. The predicted molar refractivity (Wildman–Crippen MR) is 96.8 cm³/mol. The third-order valence-corrected chi connectivity index (χ3v) is 4.71. The Labute approximate surface area is 147 Å². The highest BCUT2D eigenvalue weighted by Crippen LogP contribution is 2.14. The van der Waals surface area contributed by atoms with Crippen LogP contribution in [0.25, 0.3) is 6.08 Å². The Hall–Kier alpha value is -1.66. The van der Waals surface area contributed by atoms with Crippen molar-refractivity contribution in [3.63, 3.8) is 0 Å². The molecule has 1 aliphatic heterocycles. The summed E-state index contributed by atoms with van der Waals surface area (Å²) < 4.78 is 5.30. The molecule has 1 aliphatic rings.